The number of aliphatic hydroxyl groups is 2. The number of piperidine rings is 1. The van der Waals surface area contributed by atoms with Crippen molar-refractivity contribution in [3.8, 4) is 28.7 Å². The molecule has 13 heteroatoms. The molecule has 3 saturated carbocycles. The molecule has 6 aliphatic carbocycles. The van der Waals surface area contributed by atoms with Crippen molar-refractivity contribution in [2.24, 2.45) is 64.1 Å². The largest absolute Gasteiger partial charge is 0.508 e. The molecule has 0 unspecified atom stereocenters. The van der Waals surface area contributed by atoms with Crippen molar-refractivity contribution in [1.82, 2.24) is 26.6 Å². The van der Waals surface area contributed by atoms with E-state index >= 15 is 9.59 Å². The maximum absolute atomic E-state index is 15.6. The zero-order chi connectivity index (χ0) is 64.2. The van der Waals surface area contributed by atoms with Crippen molar-refractivity contribution in [3.05, 3.63) is 165 Å². The van der Waals surface area contributed by atoms with Gasteiger partial charge < -0.3 is 56.2 Å². The Morgan fingerprint density at radius 3 is 2.45 bits per heavy atom. The van der Waals surface area contributed by atoms with Crippen LogP contribution in [0.5, 0.6) is 5.75 Å². The summed E-state index contributed by atoms with van der Waals surface area (Å²) in [5, 5.41) is 56.2. The van der Waals surface area contributed by atoms with Gasteiger partial charge in [0, 0.05) is 55.1 Å². The second kappa shape index (κ2) is 26.3. The average molecular weight is 1260 g/mol. The zero-order valence-electron chi connectivity index (χ0n) is 55.1. The lowest BCUT2D eigenvalue weighted by atomic mass is 9.44. The van der Waals surface area contributed by atoms with Crippen LogP contribution >= 0.6 is 0 Å². The number of β-amino-alcohol motifs (C(OH)–C–C–N with tert-alkyl or cyclic N) is 1. The number of carbonyl (C=O) groups excluding carboxylic acids is 3. The first-order valence-electron chi connectivity index (χ1n) is 35.5. The fourth-order valence-electron chi connectivity index (χ4n) is 20.1. The Morgan fingerprint density at radius 2 is 1.65 bits per heavy atom. The van der Waals surface area contributed by atoms with Crippen LogP contribution in [0.25, 0.3) is 16.7 Å². The van der Waals surface area contributed by atoms with Gasteiger partial charge in [0.05, 0.1) is 34.3 Å². The van der Waals surface area contributed by atoms with Crippen LogP contribution in [0.15, 0.2) is 131 Å². The van der Waals surface area contributed by atoms with Gasteiger partial charge in [-0.05, 0) is 252 Å². The van der Waals surface area contributed by atoms with E-state index in [9.17, 15) is 20.1 Å². The number of phenolic OH excluding ortho intramolecular Hbond substituents is 1. The highest BCUT2D eigenvalue weighted by atomic mass is 16.6. The van der Waals surface area contributed by atoms with Crippen LogP contribution in [0.1, 0.15) is 162 Å². The van der Waals surface area contributed by atoms with Crippen LogP contribution in [0.4, 0.5) is 0 Å². The van der Waals surface area contributed by atoms with Crippen molar-refractivity contribution < 1.29 is 39.2 Å². The van der Waals surface area contributed by atoms with E-state index in [1.165, 1.54) is 22.3 Å². The minimum atomic E-state index is -1.38. The van der Waals surface area contributed by atoms with Crippen molar-refractivity contribution >= 4 is 23.8 Å². The summed E-state index contributed by atoms with van der Waals surface area (Å²) in [5.74, 6) is 6.90. The van der Waals surface area contributed by atoms with E-state index in [0.717, 1.165) is 123 Å². The maximum Gasteiger partial charge on any atom is 0.340 e. The SMILES string of the molecule is CC[C@H](/C=C1\OC(=O)C2=C3c4cc(O)ccc4-c4cccc(c4)CNCCc4cc(CNC)cc(c4)[C@@H]4NC[C@](C)(O)[C@H](CC=O)C#C[C@H](C5(O)CCCCC5)C[C@H]5C[C@]([C@@H]6CCN[C@H](NC)C6)(CC=C6OC(=O)C7=C6CC[C@H]6[C@H]3CC[C@@]21[C@@H]76)C[C@@H]54)Cc1ccccc1. The number of benzene rings is 4. The number of fused-ring (bicyclic) bond motifs is 5. The lowest BCUT2D eigenvalue weighted by Gasteiger charge is -2.56. The van der Waals surface area contributed by atoms with Crippen LogP contribution in [-0.2, 0) is 49.8 Å². The molecule has 12 aliphatic rings. The van der Waals surface area contributed by atoms with Gasteiger partial charge in [-0.15, -0.1) is 0 Å². The number of cyclic esters (lactones) is 1. The van der Waals surface area contributed by atoms with Crippen LogP contribution < -0.4 is 26.6 Å². The monoisotopic (exact) mass is 1260 g/mol. The third-order valence-corrected chi connectivity index (χ3v) is 24.6. The van der Waals surface area contributed by atoms with Crippen molar-refractivity contribution in [2.75, 3.05) is 33.7 Å². The van der Waals surface area contributed by atoms with Gasteiger partial charge in [-0.2, -0.15) is 0 Å². The Morgan fingerprint density at radius 1 is 0.796 bits per heavy atom. The first-order valence-corrected chi connectivity index (χ1v) is 35.5. The van der Waals surface area contributed by atoms with E-state index in [0.29, 0.717) is 80.8 Å². The van der Waals surface area contributed by atoms with Crippen LogP contribution in [0.2, 0.25) is 0 Å². The summed E-state index contributed by atoms with van der Waals surface area (Å²) < 4.78 is 13.7. The summed E-state index contributed by atoms with van der Waals surface area (Å²) in [6.07, 6.45) is 20.1. The number of carbonyl (C=O) groups is 3. The molecule has 13 nitrogen and oxygen atoms in total. The summed E-state index contributed by atoms with van der Waals surface area (Å²) in [6.45, 7) is 7.10. The van der Waals surface area contributed by atoms with Crippen LogP contribution in [-0.4, -0.2) is 84.6 Å². The number of esters is 2. The standard InChI is InChI=1S/C80H97N5O8/c1-5-49(35-50-13-8-6-9-14-50)40-68-80-31-23-62-63-21-22-64-67(92-75(88)71(64)72(63)80)24-30-78(58-26-33-84-69(42-58)82-4)44-56-41-59(79(91)28-10-7-11-29-79)18-17-57(27-34-86)77(2,90)48-85-74(66(56)45-78)55-37-51(36-53(39-55)46-81-3)25-32-83-47-52-15-12-16-54(38-52)61-20-19-60(87)43-65(61)70(62)73(80)76(89)93-68/h6,8-9,12-16,19-20,24,34,36-40,43,49,56-59,62-63,66,69,72,74,81-85,87,90-91H,5,7,10-11,21-23,25-33,35,41-42,44-48H2,1-4H3/b67-24?,68-40-/t49-,56-,57-,58+,59-,62+,63-,66-,69-,72+,74-,77-,78+,80+/m0/s1. The molecule has 2 saturated heterocycles. The number of hydrogen-bond donors (Lipinski definition) is 8. The quantitative estimate of drug-likeness (QED) is 0.0403. The molecule has 16 rings (SSSR count). The number of nitrogens with one attached hydrogen (secondary N) is 5. The summed E-state index contributed by atoms with van der Waals surface area (Å²) in [6, 6.07) is 31.6. The number of rotatable bonds is 11. The molecule has 93 heavy (non-hydrogen) atoms. The highest BCUT2D eigenvalue weighted by Crippen LogP contribution is 2.72. The van der Waals surface area contributed by atoms with Crippen molar-refractivity contribution in [1.29, 1.82) is 0 Å². The van der Waals surface area contributed by atoms with Gasteiger partial charge in [-0.25, -0.2) is 9.59 Å². The molecular formula is C80H97N5O8. The summed E-state index contributed by atoms with van der Waals surface area (Å²) in [5.41, 5.74) is 8.26. The fraction of sp³-hybridized carbons (Fsp3) is 0.537. The number of hydrogen-bond acceptors (Lipinski definition) is 13. The third kappa shape index (κ3) is 11.9. The average Bonchev–Trinajstić information content (AvgIpc) is 1.59. The molecule has 14 atom stereocenters. The molecule has 0 aromatic heterocycles. The van der Waals surface area contributed by atoms with Crippen LogP contribution in [0.3, 0.4) is 0 Å². The Balaban J connectivity index is 0.964. The van der Waals surface area contributed by atoms with Gasteiger partial charge in [0.25, 0.3) is 0 Å². The normalized spacial score (nSPS) is 33.9. The Hall–Kier alpha value is -6.47. The Labute approximate surface area is 550 Å². The van der Waals surface area contributed by atoms with E-state index in [4.69, 9.17) is 9.47 Å². The summed E-state index contributed by atoms with van der Waals surface area (Å²) >= 11 is 0. The zero-order valence-corrected chi connectivity index (χ0v) is 55.1. The fourth-order valence-corrected chi connectivity index (χ4v) is 20.1. The molecule has 6 heterocycles. The van der Waals surface area contributed by atoms with Crippen molar-refractivity contribution in [2.45, 2.75) is 172 Å². The molecule has 4 aromatic carbocycles. The minimum absolute atomic E-state index is 0.0151. The lowest BCUT2D eigenvalue weighted by molar-refractivity contribution is -0.135. The Bertz CT molecular complexity index is 3720. The smallest absolute Gasteiger partial charge is 0.340 e. The number of ether oxygens (including phenoxy) is 2. The van der Waals surface area contributed by atoms with E-state index in [1.54, 1.807) is 6.07 Å². The number of phenols is 1. The predicted octanol–water partition coefficient (Wildman–Crippen LogP) is 12.0. The predicted molar refractivity (Wildman–Crippen MR) is 362 cm³/mol. The molecule has 14 bridgehead atoms. The number of aldehydes is 1. The molecule has 5 fully saturated rings. The summed E-state index contributed by atoms with van der Waals surface area (Å²) in [4.78, 5) is 43.6. The van der Waals surface area contributed by atoms with E-state index in [1.807, 2.05) is 39.2 Å². The van der Waals surface area contributed by atoms with E-state index in [-0.39, 0.29) is 95.6 Å². The van der Waals surface area contributed by atoms with Crippen LogP contribution in [0, 0.1) is 75.9 Å². The molecule has 0 radical (unpaired) electrons. The van der Waals surface area contributed by atoms with Gasteiger partial charge in [-0.3, -0.25) is 0 Å². The second-order valence-electron chi connectivity index (χ2n) is 30.0. The van der Waals surface area contributed by atoms with Gasteiger partial charge in [0.15, 0.2) is 0 Å². The number of aromatic hydroxyl groups is 1. The van der Waals surface area contributed by atoms with Gasteiger partial charge in [-0.1, -0.05) is 111 Å². The van der Waals surface area contributed by atoms with E-state index in [2.05, 4.69) is 124 Å². The topological polar surface area (TPSA) is 191 Å². The van der Waals surface area contributed by atoms with Gasteiger partial charge in [0.1, 0.15) is 23.6 Å². The lowest BCUT2D eigenvalue weighted by Crippen LogP contribution is -2.52. The molecule has 4 aromatic rings. The van der Waals surface area contributed by atoms with Gasteiger partial charge in [0.2, 0.25) is 0 Å². The first kappa shape index (κ1) is 63.9. The molecule has 490 valence electrons. The number of allylic oxidation sites excluding steroid dienone is 5. The summed E-state index contributed by atoms with van der Waals surface area (Å²) in [7, 11) is 4.04. The second-order valence-corrected chi connectivity index (χ2v) is 30.0. The minimum Gasteiger partial charge on any atom is -0.508 e. The first-order chi connectivity index (χ1) is 45.1. The highest BCUT2D eigenvalue weighted by molar-refractivity contribution is 6.07. The highest BCUT2D eigenvalue weighted by Gasteiger charge is 2.69. The third-order valence-electron chi connectivity index (χ3n) is 24.6. The molecule has 0 amide bonds. The van der Waals surface area contributed by atoms with E-state index < -0.39 is 22.5 Å². The molecule has 8 N–H and O–H groups in total. The van der Waals surface area contributed by atoms with Gasteiger partial charge >= 0.3 is 11.9 Å². The maximum atomic E-state index is 15.6. The molecule has 6 aliphatic heterocycles. The molecule has 1 spiro atoms. The molecular weight excluding hydrogens is 1160 g/mol. The van der Waals surface area contributed by atoms with Crippen molar-refractivity contribution in [3.63, 3.8) is 0 Å². The Kier molecular flexibility index (Phi) is 18.0.